The standard InChI is InChI=1S/C28H32ClFN8/c1-16-19(8-9-23(30)34-16)26(27-22-7-5-6-10-38(22)37-36-27)35-18-11-20-24(33-15-28(2,3)4)17(13-31)14-32-25(20)21(29)12-18/h8-9,11-12,14,26,35-37H,5-7,10,15H2,1-4H3,(H,32,33)/t26-/m0/s1. The number of nitriles is 1. The lowest BCUT2D eigenvalue weighted by molar-refractivity contribution is 0.216. The smallest absolute Gasteiger partial charge is 0.213 e. The van der Waals surface area contributed by atoms with E-state index in [0.29, 0.717) is 34.0 Å². The van der Waals surface area contributed by atoms with Crippen molar-refractivity contribution in [2.24, 2.45) is 5.41 Å². The quantitative estimate of drug-likeness (QED) is 0.288. The molecule has 1 fully saturated rings. The molecule has 3 aromatic rings. The Labute approximate surface area is 227 Å². The van der Waals surface area contributed by atoms with E-state index < -0.39 is 5.95 Å². The second-order valence-electron chi connectivity index (χ2n) is 11.0. The number of aryl methyl sites for hydroxylation is 1. The van der Waals surface area contributed by atoms with Gasteiger partial charge in [-0.3, -0.25) is 9.99 Å². The molecule has 0 amide bonds. The summed E-state index contributed by atoms with van der Waals surface area (Å²) in [5.41, 5.74) is 12.7. The molecule has 4 heterocycles. The lowest BCUT2D eigenvalue weighted by Crippen LogP contribution is -2.40. The highest BCUT2D eigenvalue weighted by molar-refractivity contribution is 6.35. The second kappa shape index (κ2) is 10.3. The van der Waals surface area contributed by atoms with Crippen molar-refractivity contribution in [3.05, 3.63) is 69.6 Å². The van der Waals surface area contributed by atoms with Crippen molar-refractivity contribution in [1.82, 2.24) is 25.9 Å². The molecule has 0 bridgehead atoms. The fourth-order valence-electron chi connectivity index (χ4n) is 4.96. The van der Waals surface area contributed by atoms with Crippen molar-refractivity contribution in [2.45, 2.75) is 53.0 Å². The van der Waals surface area contributed by atoms with Gasteiger partial charge < -0.3 is 16.1 Å². The molecule has 0 aliphatic carbocycles. The van der Waals surface area contributed by atoms with E-state index in [-0.39, 0.29) is 11.5 Å². The van der Waals surface area contributed by atoms with Crippen LogP contribution in [-0.4, -0.2) is 28.1 Å². The zero-order valence-electron chi connectivity index (χ0n) is 22.0. The van der Waals surface area contributed by atoms with E-state index in [2.05, 4.69) is 63.4 Å². The fourth-order valence-corrected chi connectivity index (χ4v) is 5.23. The number of aromatic nitrogens is 2. The van der Waals surface area contributed by atoms with E-state index in [4.69, 9.17) is 11.6 Å². The Morgan fingerprint density at radius 1 is 1.26 bits per heavy atom. The SMILES string of the molecule is Cc1nc(F)ccc1[C@H](Nc1cc(Cl)c2ncc(C#N)c(NCC(C)(C)C)c2c1)C1=C2CCCCN2NN1. The Bertz CT molecular complexity index is 1460. The van der Waals surface area contributed by atoms with Crippen molar-refractivity contribution in [2.75, 3.05) is 23.7 Å². The van der Waals surface area contributed by atoms with Crippen molar-refractivity contribution in [1.29, 1.82) is 5.26 Å². The molecule has 8 nitrogen and oxygen atoms in total. The molecule has 2 aliphatic rings. The van der Waals surface area contributed by atoms with Gasteiger partial charge in [-0.05, 0) is 49.8 Å². The zero-order valence-corrected chi connectivity index (χ0v) is 22.8. The number of benzene rings is 1. The highest BCUT2D eigenvalue weighted by Gasteiger charge is 2.31. The maximum Gasteiger partial charge on any atom is 0.213 e. The molecule has 0 radical (unpaired) electrons. The zero-order chi connectivity index (χ0) is 27.0. The van der Waals surface area contributed by atoms with Crippen LogP contribution in [0.25, 0.3) is 10.9 Å². The fraction of sp³-hybridized carbons (Fsp3) is 0.393. The average Bonchev–Trinajstić information content (AvgIpc) is 3.29. The van der Waals surface area contributed by atoms with Gasteiger partial charge in [0.25, 0.3) is 0 Å². The van der Waals surface area contributed by atoms with Crippen molar-refractivity contribution in [3.8, 4) is 6.07 Å². The molecule has 0 saturated carbocycles. The number of nitrogens with zero attached hydrogens (tertiary/aromatic N) is 4. The highest BCUT2D eigenvalue weighted by Crippen LogP contribution is 2.38. The third-order valence-electron chi connectivity index (χ3n) is 6.85. The average molecular weight is 535 g/mol. The molecule has 5 rings (SSSR count). The summed E-state index contributed by atoms with van der Waals surface area (Å²) in [6.45, 7) is 9.78. The maximum atomic E-state index is 13.9. The third kappa shape index (κ3) is 5.19. The number of nitrogens with one attached hydrogen (secondary N) is 4. The summed E-state index contributed by atoms with van der Waals surface area (Å²) < 4.78 is 13.9. The summed E-state index contributed by atoms with van der Waals surface area (Å²) in [4.78, 5) is 8.57. The largest absolute Gasteiger partial charge is 0.383 e. The Hall–Kier alpha value is -3.61. The number of anilines is 2. The first-order chi connectivity index (χ1) is 18.1. The molecular weight excluding hydrogens is 503 g/mol. The first-order valence-electron chi connectivity index (χ1n) is 12.8. The summed E-state index contributed by atoms with van der Waals surface area (Å²) >= 11 is 6.75. The first-order valence-corrected chi connectivity index (χ1v) is 13.2. The molecule has 0 spiro atoms. The van der Waals surface area contributed by atoms with E-state index in [1.54, 1.807) is 12.3 Å². The molecule has 198 valence electrons. The minimum absolute atomic E-state index is 0.00105. The summed E-state index contributed by atoms with van der Waals surface area (Å²) in [5.74, 6) is -0.516. The number of pyridine rings is 2. The van der Waals surface area contributed by atoms with Crippen LogP contribution >= 0.6 is 11.6 Å². The molecule has 0 unspecified atom stereocenters. The Morgan fingerprint density at radius 2 is 2.08 bits per heavy atom. The van der Waals surface area contributed by atoms with Crippen LogP contribution in [0.2, 0.25) is 5.02 Å². The number of hydrogen-bond donors (Lipinski definition) is 4. The number of allylic oxidation sites excluding steroid dienone is 1. The van der Waals surface area contributed by atoms with Gasteiger partial charge in [-0.2, -0.15) is 9.65 Å². The van der Waals surface area contributed by atoms with E-state index in [1.165, 1.54) is 11.8 Å². The minimum Gasteiger partial charge on any atom is -0.383 e. The summed E-state index contributed by atoms with van der Waals surface area (Å²) in [5, 5.41) is 20.2. The predicted octanol–water partition coefficient (Wildman–Crippen LogP) is 5.93. The number of piperidine rings is 1. The van der Waals surface area contributed by atoms with E-state index in [9.17, 15) is 9.65 Å². The lowest BCUT2D eigenvalue weighted by atomic mass is 9.96. The van der Waals surface area contributed by atoms with Gasteiger partial charge in [-0.15, -0.1) is 5.53 Å². The summed E-state index contributed by atoms with van der Waals surface area (Å²) in [7, 11) is 0. The molecule has 2 aliphatic heterocycles. The maximum absolute atomic E-state index is 13.9. The molecular formula is C28H32ClFN8. The topological polar surface area (TPSA) is 101 Å². The van der Waals surface area contributed by atoms with Gasteiger partial charge in [0.05, 0.1) is 39.2 Å². The number of hydrazine groups is 2. The Balaban J connectivity index is 1.62. The van der Waals surface area contributed by atoms with Crippen LogP contribution in [-0.2, 0) is 0 Å². The Kier molecular flexibility index (Phi) is 7.03. The van der Waals surface area contributed by atoms with Crippen LogP contribution in [0.3, 0.4) is 0 Å². The predicted molar refractivity (Wildman–Crippen MR) is 149 cm³/mol. The van der Waals surface area contributed by atoms with Crippen LogP contribution in [0, 0.1) is 29.6 Å². The monoisotopic (exact) mass is 534 g/mol. The van der Waals surface area contributed by atoms with Gasteiger partial charge in [0.2, 0.25) is 5.95 Å². The van der Waals surface area contributed by atoms with E-state index in [1.807, 2.05) is 19.1 Å². The molecule has 1 aromatic carbocycles. The number of fused-ring (bicyclic) bond motifs is 2. The molecule has 2 aromatic heterocycles. The molecule has 10 heteroatoms. The van der Waals surface area contributed by atoms with E-state index in [0.717, 1.165) is 48.1 Å². The summed E-state index contributed by atoms with van der Waals surface area (Å²) in [6, 6.07) is 8.86. The molecule has 38 heavy (non-hydrogen) atoms. The van der Waals surface area contributed by atoms with Gasteiger partial charge in [0.1, 0.15) is 6.07 Å². The van der Waals surface area contributed by atoms with Crippen LogP contribution < -0.4 is 21.6 Å². The van der Waals surface area contributed by atoms with Crippen molar-refractivity contribution >= 4 is 33.9 Å². The highest BCUT2D eigenvalue weighted by atomic mass is 35.5. The third-order valence-corrected chi connectivity index (χ3v) is 7.14. The lowest BCUT2D eigenvalue weighted by Gasteiger charge is -2.27. The van der Waals surface area contributed by atoms with Gasteiger partial charge in [0.15, 0.2) is 0 Å². The van der Waals surface area contributed by atoms with Crippen LogP contribution in [0.5, 0.6) is 0 Å². The first kappa shape index (κ1) is 26.0. The minimum atomic E-state index is -0.516. The Morgan fingerprint density at radius 3 is 2.82 bits per heavy atom. The van der Waals surface area contributed by atoms with Gasteiger partial charge in [-0.25, -0.2) is 4.98 Å². The van der Waals surface area contributed by atoms with Crippen LogP contribution in [0.4, 0.5) is 15.8 Å². The number of hydrogen-bond acceptors (Lipinski definition) is 8. The van der Waals surface area contributed by atoms with Crippen molar-refractivity contribution in [3.63, 3.8) is 0 Å². The molecule has 4 N–H and O–H groups in total. The van der Waals surface area contributed by atoms with Gasteiger partial charge >= 0.3 is 0 Å². The van der Waals surface area contributed by atoms with Crippen molar-refractivity contribution < 1.29 is 4.39 Å². The number of rotatable bonds is 6. The normalized spacial score (nSPS) is 16.2. The molecule has 1 saturated heterocycles. The van der Waals surface area contributed by atoms with Gasteiger partial charge in [-0.1, -0.05) is 38.4 Å². The van der Waals surface area contributed by atoms with Crippen LogP contribution in [0.1, 0.15) is 62.9 Å². The van der Waals surface area contributed by atoms with Crippen LogP contribution in [0.15, 0.2) is 41.9 Å². The van der Waals surface area contributed by atoms with Gasteiger partial charge in [0, 0.05) is 41.6 Å². The number of halogens is 2. The molecule has 1 atom stereocenters. The second-order valence-corrected chi connectivity index (χ2v) is 11.4. The van der Waals surface area contributed by atoms with E-state index >= 15 is 0 Å². The summed E-state index contributed by atoms with van der Waals surface area (Å²) in [6.07, 6.45) is 4.69.